The van der Waals surface area contributed by atoms with Gasteiger partial charge >= 0.3 is 0 Å². The molecular weight excluding hydrogens is 378 g/mol. The lowest BCUT2D eigenvalue weighted by molar-refractivity contribution is -0.123. The summed E-state index contributed by atoms with van der Waals surface area (Å²) in [6, 6.07) is 14.7. The standard InChI is InChI=1S/C21H24ClN3O3/c22-17-8-2-4-10-19(17)28-14-20(26)24-18-9-3-1-6-15(18)12-25-11-5-7-16(13-25)21(23)27/h1-4,6,8-10,16H,5,7,11-14H2,(H2,23,27)(H,24,26). The number of anilines is 1. The van der Waals surface area contributed by atoms with Crippen LogP contribution in [0.3, 0.4) is 0 Å². The molecule has 3 N–H and O–H groups in total. The van der Waals surface area contributed by atoms with Crippen molar-refractivity contribution < 1.29 is 14.3 Å². The summed E-state index contributed by atoms with van der Waals surface area (Å²) in [7, 11) is 0. The van der Waals surface area contributed by atoms with E-state index in [9.17, 15) is 9.59 Å². The van der Waals surface area contributed by atoms with Crippen LogP contribution in [0.1, 0.15) is 18.4 Å². The van der Waals surface area contributed by atoms with Crippen LogP contribution >= 0.6 is 11.6 Å². The monoisotopic (exact) mass is 401 g/mol. The molecule has 2 aromatic rings. The van der Waals surface area contributed by atoms with E-state index in [0.717, 1.165) is 30.6 Å². The quantitative estimate of drug-likeness (QED) is 0.746. The van der Waals surface area contributed by atoms with Gasteiger partial charge in [-0.2, -0.15) is 0 Å². The fraction of sp³-hybridized carbons (Fsp3) is 0.333. The normalized spacial score (nSPS) is 17.1. The van der Waals surface area contributed by atoms with Crippen LogP contribution in [-0.4, -0.2) is 36.4 Å². The first-order chi connectivity index (χ1) is 13.5. The van der Waals surface area contributed by atoms with Crippen molar-refractivity contribution in [2.24, 2.45) is 11.7 Å². The predicted octanol–water partition coefficient (Wildman–Crippen LogP) is 3.05. The molecule has 3 rings (SSSR count). The van der Waals surface area contributed by atoms with Gasteiger partial charge in [-0.1, -0.05) is 41.9 Å². The van der Waals surface area contributed by atoms with E-state index in [0.29, 0.717) is 23.9 Å². The third kappa shape index (κ3) is 5.47. The molecule has 0 aromatic heterocycles. The second kappa shape index (κ2) is 9.57. The maximum absolute atomic E-state index is 12.3. The summed E-state index contributed by atoms with van der Waals surface area (Å²) >= 11 is 6.04. The topological polar surface area (TPSA) is 84.7 Å². The van der Waals surface area contributed by atoms with Crippen LogP contribution in [0.5, 0.6) is 5.75 Å². The second-order valence-corrected chi connectivity index (χ2v) is 7.31. The van der Waals surface area contributed by atoms with Gasteiger partial charge in [-0.25, -0.2) is 0 Å². The average Bonchev–Trinajstić information content (AvgIpc) is 2.69. The number of carbonyl (C=O) groups excluding carboxylic acids is 2. The Kier molecular flexibility index (Phi) is 6.90. The zero-order valence-electron chi connectivity index (χ0n) is 15.6. The molecule has 1 atom stereocenters. The third-order valence-corrected chi connectivity index (χ3v) is 5.10. The molecule has 0 spiro atoms. The number of benzene rings is 2. The van der Waals surface area contributed by atoms with Crippen LogP contribution in [-0.2, 0) is 16.1 Å². The lowest BCUT2D eigenvalue weighted by Crippen LogP contribution is -2.40. The number of hydrogen-bond acceptors (Lipinski definition) is 4. The molecule has 1 unspecified atom stereocenters. The Balaban J connectivity index is 1.59. The first-order valence-corrected chi connectivity index (χ1v) is 9.67. The van der Waals surface area contributed by atoms with E-state index in [1.807, 2.05) is 24.3 Å². The van der Waals surface area contributed by atoms with Crippen molar-refractivity contribution in [3.05, 3.63) is 59.1 Å². The van der Waals surface area contributed by atoms with Gasteiger partial charge in [0.25, 0.3) is 5.91 Å². The Bertz CT molecular complexity index is 843. The Labute approximate surface area is 169 Å². The molecule has 0 bridgehead atoms. The molecule has 1 aliphatic rings. The van der Waals surface area contributed by atoms with Gasteiger partial charge in [-0.3, -0.25) is 14.5 Å². The number of hydrogen-bond donors (Lipinski definition) is 2. The SMILES string of the molecule is NC(=O)C1CCCN(Cc2ccccc2NC(=O)COc2ccccc2Cl)C1. The van der Waals surface area contributed by atoms with Crippen LogP contribution in [0.2, 0.25) is 5.02 Å². The maximum atomic E-state index is 12.3. The Hall–Kier alpha value is -2.57. The molecule has 148 valence electrons. The number of halogens is 1. The highest BCUT2D eigenvalue weighted by Crippen LogP contribution is 2.24. The first kappa shape index (κ1) is 20.2. The van der Waals surface area contributed by atoms with Gasteiger partial charge in [-0.05, 0) is 43.1 Å². The summed E-state index contributed by atoms with van der Waals surface area (Å²) in [6.45, 7) is 2.06. The van der Waals surface area contributed by atoms with E-state index in [1.54, 1.807) is 24.3 Å². The highest BCUT2D eigenvalue weighted by molar-refractivity contribution is 6.32. The van der Waals surface area contributed by atoms with Crippen LogP contribution in [0.15, 0.2) is 48.5 Å². The lowest BCUT2D eigenvalue weighted by Gasteiger charge is -2.31. The predicted molar refractivity (Wildman–Crippen MR) is 109 cm³/mol. The number of para-hydroxylation sites is 2. The fourth-order valence-corrected chi connectivity index (χ4v) is 3.53. The highest BCUT2D eigenvalue weighted by atomic mass is 35.5. The van der Waals surface area contributed by atoms with Crippen molar-refractivity contribution in [3.63, 3.8) is 0 Å². The molecule has 2 aromatic carbocycles. The number of nitrogens with two attached hydrogens (primary N) is 1. The number of amides is 2. The second-order valence-electron chi connectivity index (χ2n) is 6.90. The molecule has 1 aliphatic heterocycles. The van der Waals surface area contributed by atoms with Crippen molar-refractivity contribution in [3.8, 4) is 5.75 Å². The summed E-state index contributed by atoms with van der Waals surface area (Å²) in [4.78, 5) is 26.0. The minimum absolute atomic E-state index is 0.112. The number of rotatable bonds is 7. The molecule has 7 heteroatoms. The number of carbonyl (C=O) groups is 2. The van der Waals surface area contributed by atoms with Crippen molar-refractivity contribution in [1.29, 1.82) is 0 Å². The smallest absolute Gasteiger partial charge is 0.262 e. The Morgan fingerprint density at radius 3 is 2.71 bits per heavy atom. The Morgan fingerprint density at radius 2 is 1.93 bits per heavy atom. The summed E-state index contributed by atoms with van der Waals surface area (Å²) in [5.41, 5.74) is 7.18. The molecule has 2 amide bonds. The molecule has 0 saturated carbocycles. The van der Waals surface area contributed by atoms with E-state index in [4.69, 9.17) is 22.1 Å². The molecule has 6 nitrogen and oxygen atoms in total. The van der Waals surface area contributed by atoms with Gasteiger partial charge in [0, 0.05) is 18.8 Å². The van der Waals surface area contributed by atoms with Crippen LogP contribution in [0, 0.1) is 5.92 Å². The summed E-state index contributed by atoms with van der Waals surface area (Å²) < 4.78 is 5.50. The highest BCUT2D eigenvalue weighted by Gasteiger charge is 2.24. The zero-order chi connectivity index (χ0) is 19.9. The van der Waals surface area contributed by atoms with Crippen LogP contribution < -0.4 is 15.8 Å². The van der Waals surface area contributed by atoms with E-state index in [2.05, 4.69) is 10.2 Å². The number of piperidine rings is 1. The lowest BCUT2D eigenvalue weighted by atomic mass is 9.97. The minimum Gasteiger partial charge on any atom is -0.482 e. The molecule has 0 aliphatic carbocycles. The van der Waals surface area contributed by atoms with Gasteiger partial charge in [0.05, 0.1) is 10.9 Å². The first-order valence-electron chi connectivity index (χ1n) is 9.29. The van der Waals surface area contributed by atoms with Gasteiger partial charge in [-0.15, -0.1) is 0 Å². The summed E-state index contributed by atoms with van der Waals surface area (Å²) in [5, 5.41) is 3.36. The van der Waals surface area contributed by atoms with Crippen molar-refractivity contribution >= 4 is 29.1 Å². The zero-order valence-corrected chi connectivity index (χ0v) is 16.3. The van der Waals surface area contributed by atoms with Gasteiger partial charge < -0.3 is 15.8 Å². The number of nitrogens with zero attached hydrogens (tertiary/aromatic N) is 1. The average molecular weight is 402 g/mol. The third-order valence-electron chi connectivity index (χ3n) is 4.79. The number of likely N-dealkylation sites (tertiary alicyclic amines) is 1. The minimum atomic E-state index is -0.263. The summed E-state index contributed by atoms with van der Waals surface area (Å²) in [5.74, 6) is -0.151. The van der Waals surface area contributed by atoms with E-state index in [1.165, 1.54) is 0 Å². The van der Waals surface area contributed by atoms with Gasteiger partial charge in [0.1, 0.15) is 5.75 Å². The van der Waals surface area contributed by atoms with Crippen LogP contribution in [0.25, 0.3) is 0 Å². The van der Waals surface area contributed by atoms with E-state index < -0.39 is 0 Å². The van der Waals surface area contributed by atoms with Crippen molar-refractivity contribution in [1.82, 2.24) is 4.90 Å². The fourth-order valence-electron chi connectivity index (χ4n) is 3.34. The number of primary amides is 1. The van der Waals surface area contributed by atoms with E-state index in [-0.39, 0.29) is 24.3 Å². The largest absolute Gasteiger partial charge is 0.482 e. The Morgan fingerprint density at radius 1 is 1.18 bits per heavy atom. The van der Waals surface area contributed by atoms with Gasteiger partial charge in [0.15, 0.2) is 6.61 Å². The molecule has 28 heavy (non-hydrogen) atoms. The van der Waals surface area contributed by atoms with Gasteiger partial charge in [0.2, 0.25) is 5.91 Å². The molecule has 1 saturated heterocycles. The van der Waals surface area contributed by atoms with Crippen molar-refractivity contribution in [2.45, 2.75) is 19.4 Å². The number of nitrogens with one attached hydrogen (secondary N) is 1. The van der Waals surface area contributed by atoms with Crippen molar-refractivity contribution in [2.75, 3.05) is 25.0 Å². The molecule has 1 fully saturated rings. The van der Waals surface area contributed by atoms with E-state index >= 15 is 0 Å². The maximum Gasteiger partial charge on any atom is 0.262 e. The van der Waals surface area contributed by atoms with Crippen LogP contribution in [0.4, 0.5) is 5.69 Å². The molecular formula is C21H24ClN3O3. The molecule has 0 radical (unpaired) electrons. The molecule has 1 heterocycles. The number of ether oxygens (including phenoxy) is 1. The summed E-state index contributed by atoms with van der Waals surface area (Å²) in [6.07, 6.45) is 1.78.